The van der Waals surface area contributed by atoms with Gasteiger partial charge in [-0.3, -0.25) is 4.90 Å². The molecular formula is C10H22N2O2. The lowest BCUT2D eigenvalue weighted by Crippen LogP contribution is -2.48. The molecule has 0 spiro atoms. The molecular weight excluding hydrogens is 180 g/mol. The van der Waals surface area contributed by atoms with Crippen molar-refractivity contribution in [3.05, 3.63) is 0 Å². The molecule has 0 saturated carbocycles. The fourth-order valence-corrected chi connectivity index (χ4v) is 1.74. The maximum absolute atomic E-state index is 9.14. The molecule has 0 aliphatic carbocycles. The second-order valence-corrected chi connectivity index (χ2v) is 4.10. The van der Waals surface area contributed by atoms with E-state index in [0.717, 1.165) is 32.7 Å². The summed E-state index contributed by atoms with van der Waals surface area (Å²) in [5.74, 6) is 0. The molecule has 1 N–H and O–H groups in total. The summed E-state index contributed by atoms with van der Waals surface area (Å²) in [7, 11) is 4.17. The van der Waals surface area contributed by atoms with Gasteiger partial charge in [0.2, 0.25) is 0 Å². The molecule has 1 aliphatic rings. The van der Waals surface area contributed by atoms with Gasteiger partial charge in [-0.2, -0.15) is 0 Å². The summed E-state index contributed by atoms with van der Waals surface area (Å²) >= 11 is 0. The summed E-state index contributed by atoms with van der Waals surface area (Å²) in [6, 6.07) is 0.214. The number of aliphatic hydroxyl groups is 1. The van der Waals surface area contributed by atoms with E-state index in [2.05, 4.69) is 23.9 Å². The van der Waals surface area contributed by atoms with Crippen molar-refractivity contribution >= 4 is 0 Å². The molecule has 0 aromatic carbocycles. The van der Waals surface area contributed by atoms with Crippen molar-refractivity contribution in [2.75, 3.05) is 53.6 Å². The molecule has 1 fully saturated rings. The Hall–Kier alpha value is -0.160. The fraction of sp³-hybridized carbons (Fsp3) is 1.00. The molecule has 0 aromatic rings. The van der Waals surface area contributed by atoms with Crippen molar-refractivity contribution in [3.8, 4) is 0 Å². The van der Waals surface area contributed by atoms with E-state index in [1.807, 2.05) is 0 Å². The van der Waals surface area contributed by atoms with Crippen molar-refractivity contribution in [2.45, 2.75) is 12.5 Å². The SMILES string of the molecule is CN(C)CCCN1CCOCC1CO. The molecule has 4 heteroatoms. The first-order valence-corrected chi connectivity index (χ1v) is 5.31. The molecule has 1 saturated heterocycles. The number of aliphatic hydroxyl groups excluding tert-OH is 1. The first kappa shape index (κ1) is 11.9. The average Bonchev–Trinajstić information content (AvgIpc) is 2.18. The van der Waals surface area contributed by atoms with E-state index in [1.165, 1.54) is 0 Å². The molecule has 0 amide bonds. The van der Waals surface area contributed by atoms with E-state index in [9.17, 15) is 0 Å². The van der Waals surface area contributed by atoms with Crippen LogP contribution >= 0.6 is 0 Å². The molecule has 1 aliphatic heterocycles. The van der Waals surface area contributed by atoms with E-state index in [4.69, 9.17) is 9.84 Å². The summed E-state index contributed by atoms with van der Waals surface area (Å²) in [6.45, 7) is 4.82. The summed E-state index contributed by atoms with van der Waals surface area (Å²) in [4.78, 5) is 4.52. The van der Waals surface area contributed by atoms with Crippen LogP contribution in [0, 0.1) is 0 Å². The van der Waals surface area contributed by atoms with Gasteiger partial charge < -0.3 is 14.7 Å². The summed E-state index contributed by atoms with van der Waals surface area (Å²) in [5, 5.41) is 9.14. The van der Waals surface area contributed by atoms with E-state index >= 15 is 0 Å². The minimum Gasteiger partial charge on any atom is -0.395 e. The number of morpholine rings is 1. The van der Waals surface area contributed by atoms with Gasteiger partial charge in [0.1, 0.15) is 0 Å². The van der Waals surface area contributed by atoms with Crippen LogP contribution in [0.25, 0.3) is 0 Å². The first-order chi connectivity index (χ1) is 6.74. The molecule has 14 heavy (non-hydrogen) atoms. The standard InChI is InChI=1S/C10H22N2O2/c1-11(2)4-3-5-12-6-7-14-9-10(12)8-13/h10,13H,3-9H2,1-2H3. The fourth-order valence-electron chi connectivity index (χ4n) is 1.74. The third-order valence-electron chi connectivity index (χ3n) is 2.61. The van der Waals surface area contributed by atoms with Crippen molar-refractivity contribution in [2.24, 2.45) is 0 Å². The molecule has 1 heterocycles. The quantitative estimate of drug-likeness (QED) is 0.660. The molecule has 0 bridgehead atoms. The number of rotatable bonds is 5. The minimum absolute atomic E-state index is 0.210. The zero-order valence-corrected chi connectivity index (χ0v) is 9.28. The molecule has 1 unspecified atom stereocenters. The van der Waals surface area contributed by atoms with Crippen molar-refractivity contribution in [1.82, 2.24) is 9.80 Å². The molecule has 4 nitrogen and oxygen atoms in total. The Morgan fingerprint density at radius 1 is 1.50 bits per heavy atom. The van der Waals surface area contributed by atoms with Crippen LogP contribution in [-0.4, -0.2) is 74.5 Å². The van der Waals surface area contributed by atoms with Crippen LogP contribution in [0.1, 0.15) is 6.42 Å². The van der Waals surface area contributed by atoms with Crippen molar-refractivity contribution in [1.29, 1.82) is 0 Å². The Bertz CT molecular complexity index is 153. The second kappa shape index (κ2) is 6.35. The maximum atomic E-state index is 9.14. The van der Waals surface area contributed by atoms with Crippen LogP contribution in [-0.2, 0) is 4.74 Å². The summed E-state index contributed by atoms with van der Waals surface area (Å²) < 4.78 is 5.32. The van der Waals surface area contributed by atoms with Gasteiger partial charge in [0.25, 0.3) is 0 Å². The van der Waals surface area contributed by atoms with Crippen molar-refractivity contribution in [3.63, 3.8) is 0 Å². The number of nitrogens with zero attached hydrogens (tertiary/aromatic N) is 2. The monoisotopic (exact) mass is 202 g/mol. The zero-order chi connectivity index (χ0) is 10.4. The van der Waals surface area contributed by atoms with Gasteiger partial charge >= 0.3 is 0 Å². The van der Waals surface area contributed by atoms with E-state index < -0.39 is 0 Å². The van der Waals surface area contributed by atoms with Gasteiger partial charge in [-0.05, 0) is 33.6 Å². The lowest BCUT2D eigenvalue weighted by atomic mass is 10.2. The van der Waals surface area contributed by atoms with Crippen LogP contribution in [0.5, 0.6) is 0 Å². The molecule has 1 rings (SSSR count). The largest absolute Gasteiger partial charge is 0.395 e. The highest BCUT2D eigenvalue weighted by Crippen LogP contribution is 2.06. The normalized spacial score (nSPS) is 24.4. The Balaban J connectivity index is 2.19. The third-order valence-corrected chi connectivity index (χ3v) is 2.61. The van der Waals surface area contributed by atoms with Crippen molar-refractivity contribution < 1.29 is 9.84 Å². The molecule has 84 valence electrons. The van der Waals surface area contributed by atoms with Crippen LogP contribution in [0.3, 0.4) is 0 Å². The van der Waals surface area contributed by atoms with E-state index in [-0.39, 0.29) is 12.6 Å². The number of ether oxygens (including phenoxy) is 1. The molecule has 0 aromatic heterocycles. The lowest BCUT2D eigenvalue weighted by Gasteiger charge is -2.34. The van der Waals surface area contributed by atoms with E-state index in [1.54, 1.807) is 0 Å². The highest BCUT2D eigenvalue weighted by atomic mass is 16.5. The van der Waals surface area contributed by atoms with E-state index in [0.29, 0.717) is 6.61 Å². The Morgan fingerprint density at radius 3 is 2.93 bits per heavy atom. The first-order valence-electron chi connectivity index (χ1n) is 5.31. The van der Waals surface area contributed by atoms with Crippen LogP contribution < -0.4 is 0 Å². The number of hydrogen-bond acceptors (Lipinski definition) is 4. The summed E-state index contributed by atoms with van der Waals surface area (Å²) in [5.41, 5.74) is 0. The summed E-state index contributed by atoms with van der Waals surface area (Å²) in [6.07, 6.45) is 1.16. The van der Waals surface area contributed by atoms with Gasteiger partial charge in [0.15, 0.2) is 0 Å². The molecule has 1 atom stereocenters. The lowest BCUT2D eigenvalue weighted by molar-refractivity contribution is -0.0281. The maximum Gasteiger partial charge on any atom is 0.0644 e. The predicted octanol–water partition coefficient (Wildman–Crippen LogP) is -0.369. The second-order valence-electron chi connectivity index (χ2n) is 4.10. The van der Waals surface area contributed by atoms with Gasteiger partial charge in [0.05, 0.1) is 25.9 Å². The highest BCUT2D eigenvalue weighted by molar-refractivity contribution is 4.74. The zero-order valence-electron chi connectivity index (χ0n) is 9.28. The third kappa shape index (κ3) is 3.92. The van der Waals surface area contributed by atoms with Crippen LogP contribution in [0.2, 0.25) is 0 Å². The van der Waals surface area contributed by atoms with Gasteiger partial charge in [-0.25, -0.2) is 0 Å². The Kier molecular flexibility index (Phi) is 5.40. The highest BCUT2D eigenvalue weighted by Gasteiger charge is 2.21. The molecule has 0 radical (unpaired) electrons. The van der Waals surface area contributed by atoms with Gasteiger partial charge in [-0.15, -0.1) is 0 Å². The average molecular weight is 202 g/mol. The smallest absolute Gasteiger partial charge is 0.0644 e. The topological polar surface area (TPSA) is 35.9 Å². The predicted molar refractivity (Wildman–Crippen MR) is 56.4 cm³/mol. The Morgan fingerprint density at radius 2 is 2.29 bits per heavy atom. The van der Waals surface area contributed by atoms with Crippen LogP contribution in [0.15, 0.2) is 0 Å². The van der Waals surface area contributed by atoms with Crippen LogP contribution in [0.4, 0.5) is 0 Å². The number of hydrogen-bond donors (Lipinski definition) is 1. The van der Waals surface area contributed by atoms with Gasteiger partial charge in [-0.1, -0.05) is 0 Å². The Labute approximate surface area is 86.4 Å². The minimum atomic E-state index is 0.210. The van der Waals surface area contributed by atoms with Gasteiger partial charge in [0, 0.05) is 6.54 Å².